The number of nitrogens with two attached hydrogens (primary N) is 1. The van der Waals surface area contributed by atoms with Gasteiger partial charge in [-0.15, -0.1) is 11.3 Å². The van der Waals surface area contributed by atoms with E-state index in [-0.39, 0.29) is 0 Å². The van der Waals surface area contributed by atoms with Gasteiger partial charge in [0.15, 0.2) is 0 Å². The van der Waals surface area contributed by atoms with Crippen molar-refractivity contribution in [1.82, 2.24) is 14.8 Å². The van der Waals surface area contributed by atoms with Crippen LogP contribution < -0.4 is 5.73 Å². The van der Waals surface area contributed by atoms with Gasteiger partial charge in [0, 0.05) is 32.1 Å². The van der Waals surface area contributed by atoms with E-state index < -0.39 is 11.8 Å². The van der Waals surface area contributed by atoms with Gasteiger partial charge in [-0.25, -0.2) is 4.98 Å². The fourth-order valence-corrected chi connectivity index (χ4v) is 4.50. The molecule has 1 unspecified atom stereocenters. The number of para-hydroxylation sites is 1. The number of hydrogen-bond donors (Lipinski definition) is 1. The first-order valence-corrected chi connectivity index (χ1v) is 10.9. The number of carbonyl (C=O) groups excluding carboxylic acids is 2. The summed E-state index contributed by atoms with van der Waals surface area (Å²) < 4.78 is 1.32. The summed E-state index contributed by atoms with van der Waals surface area (Å²) in [5.74, 6) is -0.218. The number of carbonyl (C=O) groups is 2. The molecule has 1 atom stereocenters. The van der Waals surface area contributed by atoms with Crippen molar-refractivity contribution in [2.24, 2.45) is 11.7 Å². The van der Waals surface area contributed by atoms with Gasteiger partial charge in [-0.3, -0.25) is 9.59 Å². The second-order valence-electron chi connectivity index (χ2n) is 7.30. The molecule has 0 radical (unpaired) electrons. The van der Waals surface area contributed by atoms with E-state index in [9.17, 15) is 9.59 Å². The second kappa shape index (κ2) is 10.5. The number of nitrogens with zero attached hydrogens (tertiary/aromatic N) is 3. The van der Waals surface area contributed by atoms with Gasteiger partial charge in [0.2, 0.25) is 0 Å². The molecule has 7 heteroatoms. The Kier molecular flexibility index (Phi) is 8.38. The maximum absolute atomic E-state index is 11.1. The van der Waals surface area contributed by atoms with Gasteiger partial charge in [0.05, 0.1) is 15.2 Å². The fourth-order valence-electron chi connectivity index (χ4n) is 3.45. The van der Waals surface area contributed by atoms with Crippen molar-refractivity contribution in [2.45, 2.75) is 39.5 Å². The average Bonchev–Trinajstić information content (AvgIpc) is 3.10. The minimum Gasteiger partial charge on any atom is -0.361 e. The molecular formula is C21H32N4O2S. The number of rotatable bonds is 1. The summed E-state index contributed by atoms with van der Waals surface area (Å²) in [5.41, 5.74) is 6.04. The fraction of sp³-hybridized carbons (Fsp3) is 0.571. The molecule has 154 valence electrons. The molecule has 1 aromatic heterocycles. The van der Waals surface area contributed by atoms with Crippen LogP contribution in [0.15, 0.2) is 24.3 Å². The quantitative estimate of drug-likeness (QED) is 0.741. The van der Waals surface area contributed by atoms with Crippen LogP contribution in [0.1, 0.15) is 44.5 Å². The molecule has 1 aromatic carbocycles. The van der Waals surface area contributed by atoms with Crippen LogP contribution in [0.5, 0.6) is 0 Å². The predicted octanol–water partition coefficient (Wildman–Crippen LogP) is 3.08. The minimum atomic E-state index is -0.843. The number of likely N-dealkylation sites (tertiary alicyclic amines) is 2. The van der Waals surface area contributed by atoms with Crippen LogP contribution >= 0.6 is 11.3 Å². The highest BCUT2D eigenvalue weighted by atomic mass is 32.1. The van der Waals surface area contributed by atoms with Crippen molar-refractivity contribution in [2.75, 3.05) is 33.2 Å². The zero-order valence-electron chi connectivity index (χ0n) is 17.4. The number of fused-ring (bicyclic) bond motifs is 1. The number of aromatic nitrogens is 1. The van der Waals surface area contributed by atoms with Crippen molar-refractivity contribution >= 4 is 33.4 Å². The number of piperidine rings is 1. The number of primary amides is 1. The number of benzene rings is 1. The zero-order valence-corrected chi connectivity index (χ0v) is 18.2. The molecular weight excluding hydrogens is 372 g/mol. The molecule has 0 saturated carbocycles. The third-order valence-corrected chi connectivity index (χ3v) is 6.08. The van der Waals surface area contributed by atoms with Crippen molar-refractivity contribution in [3.63, 3.8) is 0 Å². The van der Waals surface area contributed by atoms with Gasteiger partial charge in [0.25, 0.3) is 0 Å². The molecule has 2 aliphatic heterocycles. The lowest BCUT2D eigenvalue weighted by atomic mass is 10.0. The number of likely N-dealkylation sites (N-methyl/N-ethyl adjacent to an activating group) is 1. The van der Waals surface area contributed by atoms with Crippen LogP contribution in [0.2, 0.25) is 0 Å². The first-order chi connectivity index (χ1) is 13.4. The highest BCUT2D eigenvalue weighted by Gasteiger charge is 2.27. The Morgan fingerprint density at radius 2 is 1.86 bits per heavy atom. The summed E-state index contributed by atoms with van der Waals surface area (Å²) >= 11 is 1.85. The van der Waals surface area contributed by atoms with Gasteiger partial charge in [-0.05, 0) is 37.9 Å². The summed E-state index contributed by atoms with van der Waals surface area (Å²) in [6, 6.07) is 8.38. The lowest BCUT2D eigenvalue weighted by Gasteiger charge is -2.34. The van der Waals surface area contributed by atoms with Crippen molar-refractivity contribution in [3.8, 4) is 0 Å². The van der Waals surface area contributed by atoms with Gasteiger partial charge >= 0.3 is 11.8 Å². The van der Waals surface area contributed by atoms with Crippen molar-refractivity contribution < 1.29 is 9.59 Å². The summed E-state index contributed by atoms with van der Waals surface area (Å²) in [5, 5.41) is 1.31. The third-order valence-electron chi connectivity index (χ3n) is 4.88. The van der Waals surface area contributed by atoms with E-state index >= 15 is 0 Å². The maximum atomic E-state index is 11.1. The molecule has 6 nitrogen and oxygen atoms in total. The standard InChI is InChI=1S/C11H12N2S.C8H14N2O2.C2H6/c1-13-6-8(7-13)11-12-9-4-2-3-5-10(9)14-11;1-6-3-2-4-10(5-6)8(12)7(9)11;1-2/h2-5,8H,6-7H2,1H3;6H,2-5H2,1H3,(H2,9,11);1-2H3. The smallest absolute Gasteiger partial charge is 0.311 e. The highest BCUT2D eigenvalue weighted by Crippen LogP contribution is 2.32. The van der Waals surface area contributed by atoms with Gasteiger partial charge in [-0.2, -0.15) is 0 Å². The normalized spacial score (nSPS) is 19.7. The highest BCUT2D eigenvalue weighted by molar-refractivity contribution is 7.18. The topological polar surface area (TPSA) is 79.5 Å². The van der Waals surface area contributed by atoms with Gasteiger partial charge in [-0.1, -0.05) is 32.9 Å². The first kappa shape index (κ1) is 22.3. The summed E-state index contributed by atoms with van der Waals surface area (Å²) in [6.45, 7) is 9.74. The zero-order chi connectivity index (χ0) is 20.7. The van der Waals surface area contributed by atoms with Crippen LogP contribution in [-0.4, -0.2) is 59.8 Å². The van der Waals surface area contributed by atoms with Crippen LogP contribution in [0.25, 0.3) is 10.2 Å². The monoisotopic (exact) mass is 404 g/mol. The van der Waals surface area contributed by atoms with Crippen LogP contribution in [0.4, 0.5) is 0 Å². The van der Waals surface area contributed by atoms with E-state index in [1.165, 1.54) is 27.7 Å². The Hall–Kier alpha value is -1.99. The molecule has 28 heavy (non-hydrogen) atoms. The van der Waals surface area contributed by atoms with Gasteiger partial charge in [0.1, 0.15) is 0 Å². The molecule has 2 N–H and O–H groups in total. The van der Waals surface area contributed by atoms with E-state index in [1.54, 1.807) is 0 Å². The number of amides is 2. The van der Waals surface area contributed by atoms with Gasteiger partial charge < -0.3 is 15.5 Å². The molecule has 2 fully saturated rings. The van der Waals surface area contributed by atoms with E-state index in [1.807, 2.05) is 25.2 Å². The largest absolute Gasteiger partial charge is 0.361 e. The predicted molar refractivity (Wildman–Crippen MR) is 115 cm³/mol. The maximum Gasteiger partial charge on any atom is 0.311 e. The molecule has 0 aliphatic carbocycles. The Morgan fingerprint density at radius 1 is 1.18 bits per heavy atom. The molecule has 2 aliphatic rings. The third kappa shape index (κ3) is 5.75. The average molecular weight is 405 g/mol. The Bertz CT molecular complexity index is 753. The summed E-state index contributed by atoms with van der Waals surface area (Å²) in [7, 11) is 2.16. The first-order valence-electron chi connectivity index (χ1n) is 10.1. The Morgan fingerprint density at radius 3 is 2.43 bits per heavy atom. The van der Waals surface area contributed by atoms with E-state index in [0.29, 0.717) is 24.9 Å². The molecule has 3 heterocycles. The molecule has 2 amide bonds. The number of thiazole rings is 1. The van der Waals surface area contributed by atoms with E-state index in [4.69, 9.17) is 5.73 Å². The van der Waals surface area contributed by atoms with Crippen molar-refractivity contribution in [1.29, 1.82) is 0 Å². The van der Waals surface area contributed by atoms with Crippen LogP contribution in [-0.2, 0) is 9.59 Å². The molecule has 4 rings (SSSR count). The lowest BCUT2D eigenvalue weighted by molar-refractivity contribution is -0.145. The Balaban J connectivity index is 0.000000187. The van der Waals surface area contributed by atoms with Crippen LogP contribution in [0.3, 0.4) is 0 Å². The minimum absolute atomic E-state index is 0.488. The SMILES string of the molecule is CC.CC1CCCN(C(=O)C(N)=O)C1.CN1CC(c2nc3ccccc3s2)C1. The van der Waals surface area contributed by atoms with E-state index in [2.05, 4.69) is 48.1 Å². The second-order valence-corrected chi connectivity index (χ2v) is 8.36. The summed E-state index contributed by atoms with van der Waals surface area (Å²) in [6.07, 6.45) is 2.10. The van der Waals surface area contributed by atoms with E-state index in [0.717, 1.165) is 18.4 Å². The Labute approximate surface area is 171 Å². The van der Waals surface area contributed by atoms with Crippen LogP contribution in [0, 0.1) is 5.92 Å². The molecule has 0 bridgehead atoms. The number of hydrogen-bond acceptors (Lipinski definition) is 5. The van der Waals surface area contributed by atoms with Crippen molar-refractivity contribution in [3.05, 3.63) is 29.3 Å². The molecule has 2 saturated heterocycles. The molecule has 0 spiro atoms. The summed E-state index contributed by atoms with van der Waals surface area (Å²) in [4.78, 5) is 30.2. The lowest BCUT2D eigenvalue weighted by Crippen LogP contribution is -2.45. The molecule has 2 aromatic rings.